The van der Waals surface area contributed by atoms with E-state index in [9.17, 15) is 0 Å². The molecule has 2 rings (SSSR count). The summed E-state index contributed by atoms with van der Waals surface area (Å²) in [6.07, 6.45) is 1.69. The van der Waals surface area contributed by atoms with Crippen molar-refractivity contribution >= 4 is 0 Å². The summed E-state index contributed by atoms with van der Waals surface area (Å²) < 4.78 is 15.8. The van der Waals surface area contributed by atoms with Crippen molar-refractivity contribution in [1.29, 1.82) is 0 Å². The maximum absolute atomic E-state index is 5.31. The van der Waals surface area contributed by atoms with Crippen LogP contribution in [0, 0.1) is 6.92 Å². The van der Waals surface area contributed by atoms with Crippen molar-refractivity contribution in [2.45, 2.75) is 20.0 Å². The second-order valence-corrected chi connectivity index (χ2v) is 4.72. The fourth-order valence-electron chi connectivity index (χ4n) is 2.10. The van der Waals surface area contributed by atoms with Crippen molar-refractivity contribution in [1.82, 2.24) is 9.88 Å². The van der Waals surface area contributed by atoms with Gasteiger partial charge < -0.3 is 13.9 Å². The topological polar surface area (TPSA) is 47.7 Å². The molecule has 108 valence electrons. The lowest BCUT2D eigenvalue weighted by Crippen LogP contribution is -2.17. The van der Waals surface area contributed by atoms with Gasteiger partial charge in [-0.25, -0.2) is 4.98 Å². The van der Waals surface area contributed by atoms with Gasteiger partial charge in [-0.2, -0.15) is 0 Å². The van der Waals surface area contributed by atoms with Crippen LogP contribution in [0.5, 0.6) is 11.5 Å². The van der Waals surface area contributed by atoms with E-state index in [1.54, 1.807) is 20.5 Å². The molecule has 0 atom stereocenters. The lowest BCUT2D eigenvalue weighted by molar-refractivity contribution is 0.312. The molecule has 0 radical (unpaired) electrons. The van der Waals surface area contributed by atoms with Crippen LogP contribution in [-0.4, -0.2) is 31.2 Å². The molecule has 0 spiro atoms. The summed E-state index contributed by atoms with van der Waals surface area (Å²) in [4.78, 5) is 6.47. The smallest absolute Gasteiger partial charge is 0.191 e. The minimum absolute atomic E-state index is 0.694. The first-order valence-corrected chi connectivity index (χ1v) is 6.43. The molecule has 5 heteroatoms. The molecule has 0 saturated heterocycles. The fraction of sp³-hybridized carbons (Fsp3) is 0.400. The summed E-state index contributed by atoms with van der Waals surface area (Å²) in [5, 5.41) is 0. The zero-order valence-electron chi connectivity index (χ0n) is 12.3. The molecule has 0 saturated carbocycles. The highest BCUT2D eigenvalue weighted by molar-refractivity contribution is 5.42. The Bertz CT molecular complexity index is 566. The van der Waals surface area contributed by atoms with Crippen molar-refractivity contribution in [3.05, 3.63) is 41.6 Å². The zero-order chi connectivity index (χ0) is 14.5. The van der Waals surface area contributed by atoms with E-state index < -0.39 is 0 Å². The number of oxazole rings is 1. The van der Waals surface area contributed by atoms with Crippen LogP contribution < -0.4 is 9.47 Å². The number of ether oxygens (including phenoxy) is 2. The molecule has 20 heavy (non-hydrogen) atoms. The van der Waals surface area contributed by atoms with E-state index in [2.05, 4.69) is 9.88 Å². The van der Waals surface area contributed by atoms with E-state index in [-0.39, 0.29) is 0 Å². The Hall–Kier alpha value is -2.01. The molecule has 0 aliphatic rings. The molecule has 1 aromatic carbocycles. The molecular weight excluding hydrogens is 256 g/mol. The van der Waals surface area contributed by atoms with Crippen molar-refractivity contribution in [3.63, 3.8) is 0 Å². The average Bonchev–Trinajstić information content (AvgIpc) is 2.83. The third kappa shape index (κ3) is 3.51. The lowest BCUT2D eigenvalue weighted by Gasteiger charge is -2.16. The van der Waals surface area contributed by atoms with Crippen LogP contribution in [0.15, 0.2) is 28.9 Å². The molecule has 0 aliphatic heterocycles. The van der Waals surface area contributed by atoms with Crippen LogP contribution in [0.3, 0.4) is 0 Å². The summed E-state index contributed by atoms with van der Waals surface area (Å²) in [6.45, 7) is 3.38. The third-order valence-electron chi connectivity index (χ3n) is 3.00. The highest BCUT2D eigenvalue weighted by atomic mass is 16.5. The SMILES string of the molecule is COc1ccc(CN(C)Cc2coc(C)n2)cc1OC. The largest absolute Gasteiger partial charge is 0.493 e. The summed E-state index contributed by atoms with van der Waals surface area (Å²) in [6, 6.07) is 5.94. The van der Waals surface area contributed by atoms with Crippen LogP contribution >= 0.6 is 0 Å². The highest BCUT2D eigenvalue weighted by Gasteiger charge is 2.08. The first-order valence-electron chi connectivity index (χ1n) is 6.43. The number of aromatic nitrogens is 1. The number of hydrogen-bond acceptors (Lipinski definition) is 5. The van der Waals surface area contributed by atoms with Gasteiger partial charge in [-0.05, 0) is 24.7 Å². The van der Waals surface area contributed by atoms with Crippen LogP contribution in [0.25, 0.3) is 0 Å². The quantitative estimate of drug-likeness (QED) is 0.811. The van der Waals surface area contributed by atoms with Gasteiger partial charge in [0.25, 0.3) is 0 Å². The van der Waals surface area contributed by atoms with E-state index in [0.29, 0.717) is 5.89 Å². The molecular formula is C15H20N2O3. The number of methoxy groups -OCH3 is 2. The van der Waals surface area contributed by atoms with Crippen molar-refractivity contribution in [2.75, 3.05) is 21.3 Å². The first-order chi connectivity index (χ1) is 9.62. The Morgan fingerprint density at radius 3 is 2.50 bits per heavy atom. The minimum Gasteiger partial charge on any atom is -0.493 e. The maximum atomic E-state index is 5.31. The summed E-state index contributed by atoms with van der Waals surface area (Å²) >= 11 is 0. The molecule has 0 fully saturated rings. The Balaban J connectivity index is 2.02. The molecule has 0 unspecified atom stereocenters. The standard InChI is InChI=1S/C15H20N2O3/c1-11-16-13(10-20-11)9-17(2)8-12-5-6-14(18-3)15(7-12)19-4/h5-7,10H,8-9H2,1-4H3. The number of nitrogens with zero attached hydrogens (tertiary/aromatic N) is 2. The van der Waals surface area contributed by atoms with E-state index in [4.69, 9.17) is 13.9 Å². The van der Waals surface area contributed by atoms with Gasteiger partial charge in [0, 0.05) is 20.0 Å². The van der Waals surface area contributed by atoms with Crippen LogP contribution in [-0.2, 0) is 13.1 Å². The van der Waals surface area contributed by atoms with Gasteiger partial charge in [0.05, 0.1) is 19.9 Å². The molecule has 0 N–H and O–H groups in total. The van der Waals surface area contributed by atoms with E-state index >= 15 is 0 Å². The third-order valence-corrected chi connectivity index (χ3v) is 3.00. The van der Waals surface area contributed by atoms with Crippen LogP contribution in [0.4, 0.5) is 0 Å². The first kappa shape index (κ1) is 14.4. The number of hydrogen-bond donors (Lipinski definition) is 0. The molecule has 1 heterocycles. The van der Waals surface area contributed by atoms with Gasteiger partial charge in [0.15, 0.2) is 17.4 Å². The Labute approximate surface area is 119 Å². The van der Waals surface area contributed by atoms with E-state index in [1.807, 2.05) is 32.2 Å². The predicted octanol–water partition coefficient (Wildman–Crippen LogP) is 2.63. The summed E-state index contributed by atoms with van der Waals surface area (Å²) in [7, 11) is 5.32. The number of benzene rings is 1. The molecule has 1 aromatic heterocycles. The molecule has 0 bridgehead atoms. The molecule has 0 amide bonds. The van der Waals surface area contributed by atoms with Gasteiger partial charge in [0.1, 0.15) is 6.26 Å². The van der Waals surface area contributed by atoms with Crippen molar-refractivity contribution in [3.8, 4) is 11.5 Å². The predicted molar refractivity (Wildman–Crippen MR) is 76.0 cm³/mol. The van der Waals surface area contributed by atoms with Crippen molar-refractivity contribution in [2.24, 2.45) is 0 Å². The van der Waals surface area contributed by atoms with Crippen molar-refractivity contribution < 1.29 is 13.9 Å². The molecule has 5 nitrogen and oxygen atoms in total. The zero-order valence-corrected chi connectivity index (χ0v) is 12.3. The lowest BCUT2D eigenvalue weighted by atomic mass is 10.2. The second kappa shape index (κ2) is 6.43. The van der Waals surface area contributed by atoms with E-state index in [1.165, 1.54) is 0 Å². The maximum Gasteiger partial charge on any atom is 0.191 e. The van der Waals surface area contributed by atoms with Gasteiger partial charge in [0.2, 0.25) is 0 Å². The van der Waals surface area contributed by atoms with Gasteiger partial charge >= 0.3 is 0 Å². The fourth-order valence-corrected chi connectivity index (χ4v) is 2.10. The van der Waals surface area contributed by atoms with Gasteiger partial charge in [-0.15, -0.1) is 0 Å². The normalized spacial score (nSPS) is 10.8. The number of aryl methyl sites for hydroxylation is 1. The Kier molecular flexibility index (Phi) is 4.63. The average molecular weight is 276 g/mol. The molecule has 0 aliphatic carbocycles. The molecule has 2 aromatic rings. The highest BCUT2D eigenvalue weighted by Crippen LogP contribution is 2.28. The van der Waals surface area contributed by atoms with Gasteiger partial charge in [-0.1, -0.05) is 6.07 Å². The van der Waals surface area contributed by atoms with Crippen LogP contribution in [0.1, 0.15) is 17.1 Å². The van der Waals surface area contributed by atoms with Crippen LogP contribution in [0.2, 0.25) is 0 Å². The summed E-state index contributed by atoms with van der Waals surface area (Å²) in [5.41, 5.74) is 2.09. The minimum atomic E-state index is 0.694. The van der Waals surface area contributed by atoms with E-state index in [0.717, 1.165) is 35.8 Å². The second-order valence-electron chi connectivity index (χ2n) is 4.72. The number of rotatable bonds is 6. The Morgan fingerprint density at radius 2 is 1.90 bits per heavy atom. The van der Waals surface area contributed by atoms with Gasteiger partial charge in [-0.3, -0.25) is 4.90 Å². The summed E-state index contributed by atoms with van der Waals surface area (Å²) in [5.74, 6) is 2.18. The monoisotopic (exact) mass is 276 g/mol. The Morgan fingerprint density at radius 1 is 1.15 bits per heavy atom.